The van der Waals surface area contributed by atoms with Crippen LogP contribution in [0.3, 0.4) is 0 Å². The van der Waals surface area contributed by atoms with Crippen LogP contribution in [-0.4, -0.2) is 22.8 Å². The van der Waals surface area contributed by atoms with E-state index in [-0.39, 0.29) is 6.10 Å². The molecule has 4 heteroatoms. The van der Waals surface area contributed by atoms with E-state index in [2.05, 4.69) is 34.7 Å². The summed E-state index contributed by atoms with van der Waals surface area (Å²) in [6, 6.07) is 6.52. The Morgan fingerprint density at radius 3 is 3.19 bits per heavy atom. The van der Waals surface area contributed by atoms with E-state index >= 15 is 0 Å². The van der Waals surface area contributed by atoms with Gasteiger partial charge in [0.15, 0.2) is 0 Å². The fraction of sp³-hybridized carbons (Fsp3) is 0.471. The quantitative estimate of drug-likeness (QED) is 0.818. The highest BCUT2D eigenvalue weighted by molar-refractivity contribution is 5.39. The van der Waals surface area contributed by atoms with Gasteiger partial charge in [-0.1, -0.05) is 12.1 Å². The molecular weight excluding hydrogens is 264 g/mol. The number of benzene rings is 1. The summed E-state index contributed by atoms with van der Waals surface area (Å²) in [6.07, 6.45) is 5.94. The predicted molar refractivity (Wildman–Crippen MR) is 81.6 cm³/mol. The minimum absolute atomic E-state index is 0.0402. The van der Waals surface area contributed by atoms with E-state index in [1.165, 1.54) is 11.1 Å². The van der Waals surface area contributed by atoms with Gasteiger partial charge in [-0.15, -0.1) is 0 Å². The molecule has 0 spiro atoms. The summed E-state index contributed by atoms with van der Waals surface area (Å²) >= 11 is 0. The molecule has 1 aromatic carbocycles. The third kappa shape index (κ3) is 3.10. The van der Waals surface area contributed by atoms with E-state index in [0.717, 1.165) is 37.6 Å². The van der Waals surface area contributed by atoms with Gasteiger partial charge in [0.05, 0.1) is 6.61 Å². The molecule has 1 aliphatic heterocycles. The Balaban J connectivity index is 1.67. The molecule has 0 bridgehead atoms. The molecule has 1 atom stereocenters. The van der Waals surface area contributed by atoms with Gasteiger partial charge in [0.1, 0.15) is 17.7 Å². The Morgan fingerprint density at radius 1 is 1.43 bits per heavy atom. The van der Waals surface area contributed by atoms with Crippen molar-refractivity contribution in [1.82, 2.24) is 9.55 Å². The van der Waals surface area contributed by atoms with Gasteiger partial charge in [0.2, 0.25) is 0 Å². The first-order chi connectivity index (χ1) is 10.3. The summed E-state index contributed by atoms with van der Waals surface area (Å²) in [7, 11) is 0. The number of aromatic nitrogens is 2. The molecule has 1 aliphatic rings. The zero-order valence-corrected chi connectivity index (χ0v) is 12.7. The first-order valence-electron chi connectivity index (χ1n) is 7.65. The van der Waals surface area contributed by atoms with Crippen molar-refractivity contribution >= 4 is 0 Å². The van der Waals surface area contributed by atoms with Crippen molar-refractivity contribution in [1.29, 1.82) is 0 Å². The van der Waals surface area contributed by atoms with Crippen LogP contribution >= 0.6 is 0 Å². The fourth-order valence-corrected chi connectivity index (χ4v) is 2.84. The molecular formula is C17H22N2O2. The molecule has 0 unspecified atom stereocenters. The second kappa shape index (κ2) is 6.31. The van der Waals surface area contributed by atoms with Gasteiger partial charge in [-0.2, -0.15) is 0 Å². The van der Waals surface area contributed by atoms with E-state index < -0.39 is 0 Å². The van der Waals surface area contributed by atoms with Crippen molar-refractivity contribution in [3.05, 3.63) is 47.5 Å². The van der Waals surface area contributed by atoms with Crippen LogP contribution in [0.15, 0.2) is 30.6 Å². The van der Waals surface area contributed by atoms with Crippen molar-refractivity contribution < 1.29 is 9.47 Å². The van der Waals surface area contributed by atoms with Gasteiger partial charge >= 0.3 is 0 Å². The van der Waals surface area contributed by atoms with Gasteiger partial charge in [0.25, 0.3) is 0 Å². The van der Waals surface area contributed by atoms with Crippen LogP contribution in [0.2, 0.25) is 0 Å². The lowest BCUT2D eigenvalue weighted by atomic mass is 10.1. The molecule has 0 radical (unpaired) electrons. The Morgan fingerprint density at radius 2 is 2.33 bits per heavy atom. The summed E-state index contributed by atoms with van der Waals surface area (Å²) in [5.41, 5.74) is 2.68. The van der Waals surface area contributed by atoms with Crippen LogP contribution < -0.4 is 4.74 Å². The Bertz CT molecular complexity index is 607. The van der Waals surface area contributed by atoms with Crippen LogP contribution in [0.1, 0.15) is 36.9 Å². The highest BCUT2D eigenvalue weighted by atomic mass is 16.5. The normalized spacial score (nSPS) is 14.8. The topological polar surface area (TPSA) is 36.3 Å². The van der Waals surface area contributed by atoms with E-state index in [1.807, 2.05) is 19.3 Å². The first kappa shape index (κ1) is 14.1. The van der Waals surface area contributed by atoms with Crippen LogP contribution in [0.5, 0.6) is 5.75 Å². The van der Waals surface area contributed by atoms with Gasteiger partial charge in [-0.3, -0.25) is 0 Å². The van der Waals surface area contributed by atoms with E-state index in [9.17, 15) is 0 Å². The minimum Gasteiger partial charge on any atom is -0.493 e. The Kier molecular flexibility index (Phi) is 4.25. The number of aryl methyl sites for hydroxylation is 2. The smallest absolute Gasteiger partial charge is 0.137 e. The molecule has 1 aromatic heterocycles. The van der Waals surface area contributed by atoms with E-state index in [0.29, 0.717) is 6.61 Å². The van der Waals surface area contributed by atoms with Gasteiger partial charge < -0.3 is 14.0 Å². The number of nitrogens with zero attached hydrogens (tertiary/aromatic N) is 2. The second-order valence-corrected chi connectivity index (χ2v) is 5.37. The Hall–Kier alpha value is -1.81. The third-order valence-corrected chi connectivity index (χ3v) is 3.92. The van der Waals surface area contributed by atoms with E-state index in [4.69, 9.17) is 9.47 Å². The maximum atomic E-state index is 5.64. The zero-order chi connectivity index (χ0) is 14.7. The van der Waals surface area contributed by atoms with Crippen molar-refractivity contribution in [2.75, 3.05) is 13.2 Å². The van der Waals surface area contributed by atoms with Crippen molar-refractivity contribution in [2.24, 2.45) is 0 Å². The molecule has 0 saturated carbocycles. The standard InChI is InChI=1S/C17H22N2O2/c1-3-20-13(2)17-18-8-10-19(17)9-6-14-4-5-16-15(12-14)7-11-21-16/h4-5,8,10,12-13H,3,6-7,9,11H2,1-2H3/t13-/m1/s1. The second-order valence-electron chi connectivity index (χ2n) is 5.37. The summed E-state index contributed by atoms with van der Waals surface area (Å²) < 4.78 is 13.4. The lowest BCUT2D eigenvalue weighted by Crippen LogP contribution is -2.10. The molecule has 0 saturated heterocycles. The molecule has 2 aromatic rings. The van der Waals surface area contributed by atoms with E-state index in [1.54, 1.807) is 0 Å². The van der Waals surface area contributed by atoms with Crippen molar-refractivity contribution in [2.45, 2.75) is 39.3 Å². The summed E-state index contributed by atoms with van der Waals surface area (Å²) in [5, 5.41) is 0. The highest BCUT2D eigenvalue weighted by Gasteiger charge is 2.14. The number of fused-ring (bicyclic) bond motifs is 1. The van der Waals surface area contributed by atoms with Crippen LogP contribution in [0, 0.1) is 0 Å². The number of hydrogen-bond donors (Lipinski definition) is 0. The number of ether oxygens (including phenoxy) is 2. The summed E-state index contributed by atoms with van der Waals surface area (Å²) in [6.45, 7) is 6.51. The molecule has 4 nitrogen and oxygen atoms in total. The van der Waals surface area contributed by atoms with Crippen molar-refractivity contribution in [3.63, 3.8) is 0 Å². The number of rotatable bonds is 6. The SMILES string of the molecule is CCO[C@H](C)c1nccn1CCc1ccc2c(c1)CCO2. The molecule has 21 heavy (non-hydrogen) atoms. The Labute approximate surface area is 125 Å². The molecule has 2 heterocycles. The highest BCUT2D eigenvalue weighted by Crippen LogP contribution is 2.26. The average Bonchev–Trinajstić information content (AvgIpc) is 3.13. The third-order valence-electron chi connectivity index (χ3n) is 3.92. The predicted octanol–water partition coefficient (Wildman–Crippen LogP) is 3.16. The zero-order valence-electron chi connectivity index (χ0n) is 12.7. The van der Waals surface area contributed by atoms with Gasteiger partial charge in [0, 0.05) is 32.0 Å². The lowest BCUT2D eigenvalue weighted by molar-refractivity contribution is 0.0674. The molecule has 0 N–H and O–H groups in total. The maximum absolute atomic E-state index is 5.64. The lowest BCUT2D eigenvalue weighted by Gasteiger charge is -2.14. The monoisotopic (exact) mass is 286 g/mol. The molecule has 0 amide bonds. The minimum atomic E-state index is 0.0402. The summed E-state index contributed by atoms with van der Waals surface area (Å²) in [4.78, 5) is 4.42. The molecule has 3 rings (SSSR count). The maximum Gasteiger partial charge on any atom is 0.137 e. The van der Waals surface area contributed by atoms with Gasteiger partial charge in [-0.05, 0) is 37.5 Å². The van der Waals surface area contributed by atoms with Crippen LogP contribution in [0.4, 0.5) is 0 Å². The first-order valence-corrected chi connectivity index (χ1v) is 7.65. The van der Waals surface area contributed by atoms with Crippen LogP contribution in [-0.2, 0) is 24.1 Å². The van der Waals surface area contributed by atoms with Crippen molar-refractivity contribution in [3.8, 4) is 5.75 Å². The molecule has 0 fully saturated rings. The largest absolute Gasteiger partial charge is 0.493 e. The molecule has 0 aliphatic carbocycles. The number of hydrogen-bond acceptors (Lipinski definition) is 3. The number of imidazole rings is 1. The average molecular weight is 286 g/mol. The summed E-state index contributed by atoms with van der Waals surface area (Å²) in [5.74, 6) is 2.05. The van der Waals surface area contributed by atoms with Gasteiger partial charge in [-0.25, -0.2) is 4.98 Å². The fourth-order valence-electron chi connectivity index (χ4n) is 2.84. The molecule has 112 valence electrons. The van der Waals surface area contributed by atoms with Crippen LogP contribution in [0.25, 0.3) is 0 Å².